The molecule has 0 unspecified atom stereocenters. The molecule has 0 aliphatic heterocycles. The summed E-state index contributed by atoms with van der Waals surface area (Å²) in [5, 5.41) is 2.83. The van der Waals surface area contributed by atoms with E-state index in [2.05, 4.69) is 21.2 Å². The van der Waals surface area contributed by atoms with E-state index in [4.69, 9.17) is 4.74 Å². The number of carbonyl (C=O) groups is 1. The Labute approximate surface area is 137 Å². The van der Waals surface area contributed by atoms with Crippen molar-refractivity contribution in [2.24, 2.45) is 0 Å². The molecular weight excluding hydrogens is 349 g/mol. The second-order valence-corrected chi connectivity index (χ2v) is 5.78. The molecule has 0 fully saturated rings. The van der Waals surface area contributed by atoms with E-state index in [9.17, 15) is 9.18 Å². The number of hydrogen-bond acceptors (Lipinski definition) is 2. The molecule has 2 aromatic rings. The van der Waals surface area contributed by atoms with E-state index in [0.29, 0.717) is 17.9 Å². The lowest BCUT2D eigenvalue weighted by atomic mass is 10.2. The van der Waals surface area contributed by atoms with Gasteiger partial charge in [0, 0.05) is 10.2 Å². The molecular formula is C17H17BrFNO2. The highest BCUT2D eigenvalue weighted by Gasteiger charge is 2.18. The highest BCUT2D eigenvalue weighted by Crippen LogP contribution is 2.21. The van der Waals surface area contributed by atoms with Crippen molar-refractivity contribution in [1.82, 2.24) is 0 Å². The van der Waals surface area contributed by atoms with Crippen LogP contribution in [0.3, 0.4) is 0 Å². The van der Waals surface area contributed by atoms with E-state index in [1.54, 1.807) is 0 Å². The van der Waals surface area contributed by atoms with E-state index in [0.717, 1.165) is 10.0 Å². The molecule has 1 atom stereocenters. The number of rotatable bonds is 5. The zero-order valence-corrected chi connectivity index (χ0v) is 14.0. The van der Waals surface area contributed by atoms with Crippen LogP contribution in [-0.4, -0.2) is 12.0 Å². The first-order valence-electron chi connectivity index (χ1n) is 6.99. The van der Waals surface area contributed by atoms with Gasteiger partial charge in [-0.3, -0.25) is 4.79 Å². The third-order valence-corrected chi connectivity index (χ3v) is 4.07. The summed E-state index contributed by atoms with van der Waals surface area (Å²) in [6.45, 7) is 3.81. The molecule has 0 aliphatic rings. The third kappa shape index (κ3) is 4.31. The first-order valence-corrected chi connectivity index (χ1v) is 7.78. The van der Waals surface area contributed by atoms with Crippen LogP contribution in [0.2, 0.25) is 0 Å². The average Bonchev–Trinajstić information content (AvgIpc) is 2.50. The largest absolute Gasteiger partial charge is 0.481 e. The van der Waals surface area contributed by atoms with E-state index in [-0.39, 0.29) is 11.7 Å². The molecule has 1 N–H and O–H groups in total. The molecule has 5 heteroatoms. The quantitative estimate of drug-likeness (QED) is 0.834. The molecule has 0 radical (unpaired) electrons. The van der Waals surface area contributed by atoms with Crippen LogP contribution >= 0.6 is 15.9 Å². The molecule has 0 aromatic heterocycles. The minimum Gasteiger partial charge on any atom is -0.481 e. The van der Waals surface area contributed by atoms with Crippen LogP contribution in [-0.2, 0) is 4.79 Å². The van der Waals surface area contributed by atoms with Crippen LogP contribution < -0.4 is 10.1 Å². The maximum Gasteiger partial charge on any atom is 0.265 e. The van der Waals surface area contributed by atoms with E-state index in [1.807, 2.05) is 32.0 Å². The van der Waals surface area contributed by atoms with Gasteiger partial charge in [-0.05, 0) is 61.4 Å². The number of aryl methyl sites for hydroxylation is 1. The van der Waals surface area contributed by atoms with Gasteiger partial charge in [0.15, 0.2) is 6.10 Å². The highest BCUT2D eigenvalue weighted by atomic mass is 79.9. The van der Waals surface area contributed by atoms with Crippen LogP contribution in [0.5, 0.6) is 5.75 Å². The zero-order chi connectivity index (χ0) is 16.1. The Balaban J connectivity index is 2.04. The van der Waals surface area contributed by atoms with Gasteiger partial charge in [-0.15, -0.1) is 0 Å². The van der Waals surface area contributed by atoms with E-state index < -0.39 is 6.10 Å². The minimum atomic E-state index is -0.630. The third-order valence-electron chi connectivity index (χ3n) is 3.18. The summed E-state index contributed by atoms with van der Waals surface area (Å²) >= 11 is 3.42. The number of benzene rings is 2. The first kappa shape index (κ1) is 16.5. The van der Waals surface area contributed by atoms with Crippen molar-refractivity contribution in [1.29, 1.82) is 0 Å². The Morgan fingerprint density at radius 2 is 1.95 bits per heavy atom. The van der Waals surface area contributed by atoms with Crippen LogP contribution in [0.1, 0.15) is 18.9 Å². The van der Waals surface area contributed by atoms with Gasteiger partial charge < -0.3 is 10.1 Å². The second kappa shape index (κ2) is 7.40. The Kier molecular flexibility index (Phi) is 5.55. The Bertz CT molecular complexity index is 658. The SMILES string of the molecule is CC[C@H](Oc1ccc(F)cc1)C(=O)Nc1ccc(Br)c(C)c1. The zero-order valence-electron chi connectivity index (χ0n) is 12.4. The topological polar surface area (TPSA) is 38.3 Å². The van der Waals surface area contributed by atoms with Crippen molar-refractivity contribution in [2.75, 3.05) is 5.32 Å². The Hall–Kier alpha value is -1.88. The molecule has 3 nitrogen and oxygen atoms in total. The van der Waals surface area contributed by atoms with Crippen molar-refractivity contribution in [2.45, 2.75) is 26.4 Å². The fraction of sp³-hybridized carbons (Fsp3) is 0.235. The summed E-state index contributed by atoms with van der Waals surface area (Å²) in [5.41, 5.74) is 1.75. The molecule has 2 rings (SSSR count). The van der Waals surface area contributed by atoms with Crippen LogP contribution in [0.15, 0.2) is 46.9 Å². The maximum atomic E-state index is 12.9. The van der Waals surface area contributed by atoms with Crippen molar-refractivity contribution in [3.05, 3.63) is 58.3 Å². The fourth-order valence-electron chi connectivity index (χ4n) is 1.94. The predicted octanol–water partition coefficient (Wildman–Crippen LogP) is 4.69. The summed E-state index contributed by atoms with van der Waals surface area (Å²) in [5.74, 6) is -0.0980. The molecule has 22 heavy (non-hydrogen) atoms. The standard InChI is InChI=1S/C17H17BrFNO2/c1-3-16(22-14-7-4-12(19)5-8-14)17(21)20-13-6-9-15(18)11(2)10-13/h4-10,16H,3H2,1-2H3,(H,20,21)/t16-/m0/s1. The second-order valence-electron chi connectivity index (χ2n) is 4.92. The monoisotopic (exact) mass is 365 g/mol. The number of halogens is 2. The predicted molar refractivity (Wildman–Crippen MR) is 88.6 cm³/mol. The van der Waals surface area contributed by atoms with Crippen molar-refractivity contribution < 1.29 is 13.9 Å². The Morgan fingerprint density at radius 1 is 1.27 bits per heavy atom. The lowest BCUT2D eigenvalue weighted by Crippen LogP contribution is -2.32. The van der Waals surface area contributed by atoms with Gasteiger partial charge in [0.25, 0.3) is 5.91 Å². The molecule has 0 saturated heterocycles. The van der Waals surface area contributed by atoms with Crippen molar-refractivity contribution in [3.63, 3.8) is 0 Å². The van der Waals surface area contributed by atoms with E-state index in [1.165, 1.54) is 24.3 Å². The first-order chi connectivity index (χ1) is 10.5. The normalized spacial score (nSPS) is 11.8. The van der Waals surface area contributed by atoms with Gasteiger partial charge in [0.05, 0.1) is 0 Å². The summed E-state index contributed by atoms with van der Waals surface area (Å²) in [7, 11) is 0. The smallest absolute Gasteiger partial charge is 0.265 e. The summed E-state index contributed by atoms with van der Waals surface area (Å²) < 4.78 is 19.5. The van der Waals surface area contributed by atoms with Gasteiger partial charge in [-0.1, -0.05) is 22.9 Å². The molecule has 0 bridgehead atoms. The average molecular weight is 366 g/mol. The lowest BCUT2D eigenvalue weighted by Gasteiger charge is -2.17. The number of amides is 1. The number of nitrogens with one attached hydrogen (secondary N) is 1. The van der Waals surface area contributed by atoms with Gasteiger partial charge >= 0.3 is 0 Å². The fourth-order valence-corrected chi connectivity index (χ4v) is 2.19. The molecule has 0 spiro atoms. The van der Waals surface area contributed by atoms with E-state index >= 15 is 0 Å². The molecule has 2 aromatic carbocycles. The molecule has 1 amide bonds. The molecule has 0 heterocycles. The minimum absolute atomic E-state index is 0.228. The molecule has 0 aliphatic carbocycles. The number of anilines is 1. The summed E-state index contributed by atoms with van der Waals surface area (Å²) in [6, 6.07) is 11.2. The van der Waals surface area contributed by atoms with Gasteiger partial charge in [-0.25, -0.2) is 4.39 Å². The van der Waals surface area contributed by atoms with Crippen LogP contribution in [0, 0.1) is 12.7 Å². The Morgan fingerprint density at radius 3 is 2.55 bits per heavy atom. The van der Waals surface area contributed by atoms with Crippen LogP contribution in [0.25, 0.3) is 0 Å². The van der Waals surface area contributed by atoms with Crippen LogP contribution in [0.4, 0.5) is 10.1 Å². The number of carbonyl (C=O) groups excluding carboxylic acids is 1. The van der Waals surface area contributed by atoms with Gasteiger partial charge in [0.1, 0.15) is 11.6 Å². The van der Waals surface area contributed by atoms with Gasteiger partial charge in [0.2, 0.25) is 0 Å². The van der Waals surface area contributed by atoms with Gasteiger partial charge in [-0.2, -0.15) is 0 Å². The molecule has 116 valence electrons. The van der Waals surface area contributed by atoms with Crippen molar-refractivity contribution >= 4 is 27.5 Å². The summed E-state index contributed by atoms with van der Waals surface area (Å²) in [6.07, 6.45) is -0.118. The number of hydrogen-bond donors (Lipinski definition) is 1. The summed E-state index contributed by atoms with van der Waals surface area (Å²) in [4.78, 5) is 12.3. The molecule has 0 saturated carbocycles. The van der Waals surface area contributed by atoms with Crippen molar-refractivity contribution in [3.8, 4) is 5.75 Å². The number of ether oxygens (including phenoxy) is 1. The lowest BCUT2D eigenvalue weighted by molar-refractivity contribution is -0.122. The highest BCUT2D eigenvalue weighted by molar-refractivity contribution is 9.10. The maximum absolute atomic E-state index is 12.9.